The van der Waals surface area contributed by atoms with Gasteiger partial charge in [0.15, 0.2) is 0 Å². The van der Waals surface area contributed by atoms with Gasteiger partial charge >= 0.3 is 0 Å². The van der Waals surface area contributed by atoms with Gasteiger partial charge in [-0.1, -0.05) is 121 Å². The van der Waals surface area contributed by atoms with Crippen molar-refractivity contribution in [2.45, 2.75) is 12.3 Å². The van der Waals surface area contributed by atoms with Crippen LogP contribution < -0.4 is 0 Å². The van der Waals surface area contributed by atoms with Crippen molar-refractivity contribution in [1.29, 1.82) is 0 Å². The molecule has 0 aliphatic heterocycles. The molecule has 1 aliphatic rings. The van der Waals surface area contributed by atoms with Gasteiger partial charge in [-0.15, -0.1) is 0 Å². The first-order valence-corrected chi connectivity index (χ1v) is 10.5. The molecular weight excluding hydrogens is 360 g/mol. The maximum Gasteiger partial charge on any atom is 0.0704 e. The molecule has 0 nitrogen and oxygen atoms in total. The monoisotopic (exact) mass is 384 g/mol. The highest BCUT2D eigenvalue weighted by molar-refractivity contribution is 5.89. The Hall–Kier alpha value is -3.64. The van der Waals surface area contributed by atoms with E-state index in [9.17, 15) is 0 Å². The Morgan fingerprint density at radius 1 is 0.567 bits per heavy atom. The Labute approximate surface area is 178 Å². The van der Waals surface area contributed by atoms with Gasteiger partial charge < -0.3 is 0 Å². The van der Waals surface area contributed by atoms with Crippen LogP contribution in [0.3, 0.4) is 0 Å². The zero-order valence-corrected chi connectivity index (χ0v) is 17.1. The molecule has 0 atom stereocenters. The third-order valence-electron chi connectivity index (χ3n) is 6.16. The van der Waals surface area contributed by atoms with E-state index in [-0.39, 0.29) is 5.41 Å². The van der Waals surface area contributed by atoms with Crippen molar-refractivity contribution >= 4 is 5.57 Å². The lowest BCUT2D eigenvalue weighted by Crippen LogP contribution is -2.34. The molecule has 0 spiro atoms. The summed E-state index contributed by atoms with van der Waals surface area (Å²) in [5.41, 5.74) is 8.70. The lowest BCUT2D eigenvalue weighted by molar-refractivity contribution is 0.733. The maximum absolute atomic E-state index is 2.39. The first-order valence-electron chi connectivity index (χ1n) is 10.5. The number of allylic oxidation sites excluding steroid dienone is 3. The van der Waals surface area contributed by atoms with E-state index in [0.717, 1.165) is 0 Å². The van der Waals surface area contributed by atoms with Crippen molar-refractivity contribution in [2.24, 2.45) is 0 Å². The molecule has 0 N–H and O–H groups in total. The van der Waals surface area contributed by atoms with Gasteiger partial charge in [0, 0.05) is 0 Å². The van der Waals surface area contributed by atoms with Gasteiger partial charge in [-0.2, -0.15) is 0 Å². The molecule has 0 aromatic heterocycles. The third kappa shape index (κ3) is 2.76. The zero-order valence-electron chi connectivity index (χ0n) is 17.1. The molecule has 5 rings (SSSR count). The highest BCUT2D eigenvalue weighted by atomic mass is 14.4. The van der Waals surface area contributed by atoms with Gasteiger partial charge in [-0.25, -0.2) is 0 Å². The quantitative estimate of drug-likeness (QED) is 0.345. The van der Waals surface area contributed by atoms with Crippen LogP contribution in [-0.2, 0) is 5.41 Å². The van der Waals surface area contributed by atoms with E-state index < -0.39 is 0 Å². The summed E-state index contributed by atoms with van der Waals surface area (Å²) < 4.78 is 0. The molecule has 0 unspecified atom stereocenters. The number of rotatable bonds is 3. The van der Waals surface area contributed by atoms with E-state index in [1.54, 1.807) is 0 Å². The number of benzene rings is 4. The van der Waals surface area contributed by atoms with E-state index in [1.807, 2.05) is 0 Å². The largest absolute Gasteiger partial charge is 0.0828 e. The average Bonchev–Trinajstić information content (AvgIpc) is 2.84. The second-order valence-corrected chi connectivity index (χ2v) is 7.70. The van der Waals surface area contributed by atoms with Gasteiger partial charge in [0.25, 0.3) is 0 Å². The third-order valence-corrected chi connectivity index (χ3v) is 6.16. The summed E-state index contributed by atoms with van der Waals surface area (Å²) in [4.78, 5) is 0. The molecule has 0 saturated carbocycles. The van der Waals surface area contributed by atoms with Gasteiger partial charge in [-0.3, -0.25) is 0 Å². The van der Waals surface area contributed by atoms with Crippen LogP contribution in [0.1, 0.15) is 34.7 Å². The summed E-state index contributed by atoms with van der Waals surface area (Å²) >= 11 is 0. The minimum atomic E-state index is -0.341. The number of hydrogen-bond donors (Lipinski definition) is 0. The van der Waals surface area contributed by atoms with Gasteiger partial charge in [0.05, 0.1) is 5.41 Å². The summed E-state index contributed by atoms with van der Waals surface area (Å²) in [6.07, 6.45) is 4.66. The van der Waals surface area contributed by atoms with Crippen LogP contribution in [0.2, 0.25) is 0 Å². The lowest BCUT2D eigenvalue weighted by Gasteiger charge is -2.42. The Morgan fingerprint density at radius 3 is 1.63 bits per heavy atom. The van der Waals surface area contributed by atoms with Gasteiger partial charge in [0.1, 0.15) is 0 Å². The van der Waals surface area contributed by atoms with E-state index >= 15 is 0 Å². The van der Waals surface area contributed by atoms with Crippen LogP contribution >= 0.6 is 0 Å². The zero-order chi connectivity index (χ0) is 20.4. The second-order valence-electron chi connectivity index (χ2n) is 7.70. The molecule has 0 heterocycles. The van der Waals surface area contributed by atoms with Crippen molar-refractivity contribution in [3.8, 4) is 0 Å². The molecule has 1 aliphatic carbocycles. The molecule has 30 heavy (non-hydrogen) atoms. The molecule has 0 saturated heterocycles. The second kappa shape index (κ2) is 7.65. The van der Waals surface area contributed by atoms with E-state index in [1.165, 1.54) is 39.0 Å². The Bertz CT molecular complexity index is 1170. The van der Waals surface area contributed by atoms with Crippen molar-refractivity contribution < 1.29 is 0 Å². The molecular formula is C30H24. The minimum absolute atomic E-state index is 0.341. The fourth-order valence-electron chi connectivity index (χ4n) is 4.89. The van der Waals surface area contributed by atoms with E-state index in [2.05, 4.69) is 134 Å². The Balaban J connectivity index is 1.90. The van der Waals surface area contributed by atoms with Crippen LogP contribution in [-0.4, -0.2) is 0 Å². The van der Waals surface area contributed by atoms with Crippen molar-refractivity contribution in [3.63, 3.8) is 0 Å². The summed E-state index contributed by atoms with van der Waals surface area (Å²) in [5.74, 6) is 0. The SMILES string of the molecule is C/C=C1\C=C(c2ccccc2)c2ccccc2C1(c1ccccc1)c1ccccc1. The van der Waals surface area contributed by atoms with Crippen LogP contribution in [0.5, 0.6) is 0 Å². The van der Waals surface area contributed by atoms with Crippen molar-refractivity contribution in [1.82, 2.24) is 0 Å². The standard InChI is InChI=1S/C30H24/c1-2-24-22-28(23-14-6-3-7-15-23)27-20-12-13-21-29(27)30(24,25-16-8-4-9-17-25)26-18-10-5-11-19-26/h2-22H,1H3/b24-2+. The molecule has 0 heteroatoms. The number of fused-ring (bicyclic) bond motifs is 1. The van der Waals surface area contributed by atoms with Crippen LogP contribution in [0.4, 0.5) is 0 Å². The van der Waals surface area contributed by atoms with E-state index in [0.29, 0.717) is 0 Å². The first-order chi connectivity index (χ1) is 14.9. The number of hydrogen-bond acceptors (Lipinski definition) is 0. The van der Waals surface area contributed by atoms with Gasteiger partial charge in [-0.05, 0) is 52.0 Å². The summed E-state index contributed by atoms with van der Waals surface area (Å²) in [6.45, 7) is 2.16. The molecule has 0 radical (unpaired) electrons. The van der Waals surface area contributed by atoms with Gasteiger partial charge in [0.2, 0.25) is 0 Å². The fourth-order valence-corrected chi connectivity index (χ4v) is 4.89. The highest BCUT2D eigenvalue weighted by Gasteiger charge is 2.43. The Kier molecular flexibility index (Phi) is 4.69. The first kappa shape index (κ1) is 18.4. The summed E-state index contributed by atoms with van der Waals surface area (Å²) in [6, 6.07) is 41.4. The Morgan fingerprint density at radius 2 is 1.07 bits per heavy atom. The average molecular weight is 385 g/mol. The van der Waals surface area contributed by atoms with E-state index in [4.69, 9.17) is 0 Å². The lowest BCUT2D eigenvalue weighted by atomic mass is 9.60. The van der Waals surface area contributed by atoms with Crippen molar-refractivity contribution in [3.05, 3.63) is 161 Å². The molecule has 0 amide bonds. The summed E-state index contributed by atoms with van der Waals surface area (Å²) in [5, 5.41) is 0. The smallest absolute Gasteiger partial charge is 0.0704 e. The molecule has 4 aromatic rings. The van der Waals surface area contributed by atoms with Crippen molar-refractivity contribution in [2.75, 3.05) is 0 Å². The predicted molar refractivity (Wildman–Crippen MR) is 126 cm³/mol. The normalized spacial score (nSPS) is 16.0. The van der Waals surface area contributed by atoms with Crippen LogP contribution in [0, 0.1) is 0 Å². The molecule has 4 aromatic carbocycles. The highest BCUT2D eigenvalue weighted by Crippen LogP contribution is 2.52. The topological polar surface area (TPSA) is 0 Å². The predicted octanol–water partition coefficient (Wildman–Crippen LogP) is 7.41. The van der Waals surface area contributed by atoms with Crippen LogP contribution in [0.25, 0.3) is 5.57 Å². The van der Waals surface area contributed by atoms with Crippen LogP contribution in [0.15, 0.2) is 133 Å². The summed E-state index contributed by atoms with van der Waals surface area (Å²) in [7, 11) is 0. The molecule has 0 fully saturated rings. The molecule has 144 valence electrons. The molecule has 0 bridgehead atoms. The minimum Gasteiger partial charge on any atom is -0.0828 e. The maximum atomic E-state index is 2.39. The fraction of sp³-hybridized carbons (Fsp3) is 0.0667.